The van der Waals surface area contributed by atoms with Gasteiger partial charge in [0.2, 0.25) is 0 Å². The molecule has 0 bridgehead atoms. The lowest BCUT2D eigenvalue weighted by Crippen LogP contribution is -2.23. The molecule has 0 aliphatic rings. The van der Waals surface area contributed by atoms with Crippen molar-refractivity contribution in [2.24, 2.45) is 0 Å². The largest absolute Gasteiger partial charge is 0.397 e. The van der Waals surface area contributed by atoms with Crippen LogP contribution in [-0.2, 0) is 6.54 Å². The lowest BCUT2D eigenvalue weighted by Gasteiger charge is -2.07. The molecule has 4 heteroatoms. The van der Waals surface area contributed by atoms with Gasteiger partial charge in [0, 0.05) is 6.20 Å². The Labute approximate surface area is 98.5 Å². The summed E-state index contributed by atoms with van der Waals surface area (Å²) in [4.78, 5) is 11.9. The zero-order valence-electron chi connectivity index (χ0n) is 9.13. The number of benzene rings is 1. The molecule has 0 fully saturated rings. The molecule has 2 rings (SSSR count). The lowest BCUT2D eigenvalue weighted by molar-refractivity contribution is 0.758. The summed E-state index contributed by atoms with van der Waals surface area (Å²) in [6.45, 7) is 0.439. The van der Waals surface area contributed by atoms with Crippen molar-refractivity contribution in [3.05, 3.63) is 64.1 Å². The van der Waals surface area contributed by atoms with Gasteiger partial charge >= 0.3 is 0 Å². The highest BCUT2D eigenvalue weighted by Gasteiger charge is 2.06. The molecule has 2 N–H and O–H groups in total. The van der Waals surface area contributed by atoms with Gasteiger partial charge in [-0.15, -0.1) is 0 Å². The Morgan fingerprint density at radius 2 is 1.94 bits per heavy atom. The van der Waals surface area contributed by atoms with Gasteiger partial charge in [0.15, 0.2) is 0 Å². The molecule has 0 aliphatic heterocycles. The third-order valence-corrected chi connectivity index (χ3v) is 2.50. The number of nitrogens with zero attached hydrogens (tertiary/aromatic N) is 2. The van der Waals surface area contributed by atoms with Crippen molar-refractivity contribution in [1.29, 1.82) is 5.26 Å². The molecule has 0 aliphatic carbocycles. The number of nitriles is 1. The monoisotopic (exact) mass is 225 g/mol. The number of nitrogens with two attached hydrogens (primary N) is 1. The average Bonchev–Trinajstić information content (AvgIpc) is 2.35. The number of hydrogen-bond acceptors (Lipinski definition) is 3. The van der Waals surface area contributed by atoms with E-state index < -0.39 is 0 Å². The Kier molecular flexibility index (Phi) is 2.93. The van der Waals surface area contributed by atoms with Crippen LogP contribution in [0.25, 0.3) is 0 Å². The molecule has 17 heavy (non-hydrogen) atoms. The maximum atomic E-state index is 11.9. The first-order valence-corrected chi connectivity index (χ1v) is 5.15. The Balaban J connectivity index is 2.43. The number of rotatable bonds is 2. The molecular formula is C13H11N3O. The molecule has 1 aromatic heterocycles. The maximum Gasteiger partial charge on any atom is 0.270 e. The van der Waals surface area contributed by atoms with Crippen molar-refractivity contribution >= 4 is 5.69 Å². The summed E-state index contributed by atoms with van der Waals surface area (Å²) in [5, 5.41) is 8.85. The SMILES string of the molecule is N#Cc1c(N)ccn(Cc2ccccc2)c1=O. The predicted molar refractivity (Wildman–Crippen MR) is 65.4 cm³/mol. The van der Waals surface area contributed by atoms with Gasteiger partial charge in [-0.1, -0.05) is 30.3 Å². The fraction of sp³-hybridized carbons (Fsp3) is 0.0769. The number of anilines is 1. The molecule has 0 radical (unpaired) electrons. The summed E-state index contributed by atoms with van der Waals surface area (Å²) in [5.41, 5.74) is 6.44. The Hall–Kier alpha value is -2.54. The number of nitrogen functional groups attached to an aromatic ring is 1. The van der Waals surface area contributed by atoms with Crippen LogP contribution in [-0.4, -0.2) is 4.57 Å². The normalized spacial score (nSPS) is 9.82. The van der Waals surface area contributed by atoms with E-state index in [1.54, 1.807) is 12.3 Å². The first-order chi connectivity index (χ1) is 8.22. The highest BCUT2D eigenvalue weighted by atomic mass is 16.1. The highest BCUT2D eigenvalue weighted by Crippen LogP contribution is 2.06. The standard InChI is InChI=1S/C13H11N3O/c14-8-11-12(15)6-7-16(13(11)17)9-10-4-2-1-3-5-10/h1-7H,9,15H2. The van der Waals surface area contributed by atoms with Crippen LogP contribution in [0.15, 0.2) is 47.4 Å². The lowest BCUT2D eigenvalue weighted by atomic mass is 10.2. The second-order valence-corrected chi connectivity index (χ2v) is 3.68. The molecule has 0 spiro atoms. The molecule has 2 aromatic rings. The summed E-state index contributed by atoms with van der Waals surface area (Å²) in [5.74, 6) is 0. The van der Waals surface area contributed by atoms with E-state index in [9.17, 15) is 4.79 Å². The molecule has 0 atom stereocenters. The number of aromatic nitrogens is 1. The molecule has 1 aromatic carbocycles. The minimum atomic E-state index is -0.351. The fourth-order valence-corrected chi connectivity index (χ4v) is 1.61. The van der Waals surface area contributed by atoms with Gasteiger partial charge in [0.05, 0.1) is 12.2 Å². The van der Waals surface area contributed by atoms with Crippen LogP contribution in [0.2, 0.25) is 0 Å². The molecule has 1 heterocycles. The molecule has 0 unspecified atom stereocenters. The van der Waals surface area contributed by atoms with Gasteiger partial charge < -0.3 is 10.3 Å². The van der Waals surface area contributed by atoms with Crippen LogP contribution in [0.5, 0.6) is 0 Å². The van der Waals surface area contributed by atoms with Crippen LogP contribution in [0.3, 0.4) is 0 Å². The van der Waals surface area contributed by atoms with Crippen LogP contribution in [0, 0.1) is 11.3 Å². The van der Waals surface area contributed by atoms with Crippen LogP contribution in [0.4, 0.5) is 5.69 Å². The van der Waals surface area contributed by atoms with Crippen molar-refractivity contribution in [2.75, 3.05) is 5.73 Å². The van der Waals surface area contributed by atoms with Gasteiger partial charge in [0.25, 0.3) is 5.56 Å². The Morgan fingerprint density at radius 1 is 1.24 bits per heavy atom. The van der Waals surface area contributed by atoms with E-state index in [0.717, 1.165) is 5.56 Å². The molecule has 0 saturated heterocycles. The second-order valence-electron chi connectivity index (χ2n) is 3.68. The van der Waals surface area contributed by atoms with Crippen molar-refractivity contribution in [3.63, 3.8) is 0 Å². The van der Waals surface area contributed by atoms with Crippen molar-refractivity contribution in [1.82, 2.24) is 4.57 Å². The topological polar surface area (TPSA) is 71.8 Å². The van der Waals surface area contributed by atoms with Crippen molar-refractivity contribution < 1.29 is 0 Å². The van der Waals surface area contributed by atoms with E-state index >= 15 is 0 Å². The first kappa shape index (κ1) is 11.0. The van der Waals surface area contributed by atoms with E-state index in [4.69, 9.17) is 11.0 Å². The van der Waals surface area contributed by atoms with E-state index in [2.05, 4.69) is 0 Å². The molecule has 0 amide bonds. The van der Waals surface area contributed by atoms with Crippen molar-refractivity contribution in [2.45, 2.75) is 6.54 Å². The Bertz CT molecular complexity index is 623. The van der Waals surface area contributed by atoms with Gasteiger partial charge in [0.1, 0.15) is 11.6 Å². The van der Waals surface area contributed by atoms with Gasteiger partial charge in [-0.2, -0.15) is 5.26 Å². The van der Waals surface area contributed by atoms with Crippen LogP contribution in [0.1, 0.15) is 11.1 Å². The summed E-state index contributed by atoms with van der Waals surface area (Å²) in [6.07, 6.45) is 1.60. The number of pyridine rings is 1. The van der Waals surface area contributed by atoms with Gasteiger partial charge in [-0.3, -0.25) is 4.79 Å². The summed E-state index contributed by atoms with van der Waals surface area (Å²) in [6, 6.07) is 13.0. The maximum absolute atomic E-state index is 11.9. The van der Waals surface area contributed by atoms with E-state index in [1.165, 1.54) is 4.57 Å². The smallest absolute Gasteiger partial charge is 0.270 e. The highest BCUT2D eigenvalue weighted by molar-refractivity contribution is 5.51. The van der Waals surface area contributed by atoms with E-state index in [-0.39, 0.29) is 16.8 Å². The van der Waals surface area contributed by atoms with Gasteiger partial charge in [-0.05, 0) is 11.6 Å². The fourth-order valence-electron chi connectivity index (χ4n) is 1.61. The third kappa shape index (κ3) is 2.18. The van der Waals surface area contributed by atoms with Gasteiger partial charge in [-0.25, -0.2) is 0 Å². The van der Waals surface area contributed by atoms with Crippen molar-refractivity contribution in [3.8, 4) is 6.07 Å². The summed E-state index contributed by atoms with van der Waals surface area (Å²) < 4.78 is 1.48. The zero-order chi connectivity index (χ0) is 12.3. The van der Waals surface area contributed by atoms with Crippen LogP contribution < -0.4 is 11.3 Å². The zero-order valence-corrected chi connectivity index (χ0v) is 9.13. The number of hydrogen-bond donors (Lipinski definition) is 1. The molecule has 0 saturated carbocycles. The average molecular weight is 225 g/mol. The van der Waals surface area contributed by atoms with E-state index in [0.29, 0.717) is 6.54 Å². The minimum Gasteiger partial charge on any atom is -0.397 e. The first-order valence-electron chi connectivity index (χ1n) is 5.15. The van der Waals surface area contributed by atoms with Crippen LogP contribution >= 0.6 is 0 Å². The third-order valence-electron chi connectivity index (χ3n) is 2.50. The molecule has 4 nitrogen and oxygen atoms in total. The predicted octanol–water partition coefficient (Wildman–Crippen LogP) is 1.35. The van der Waals surface area contributed by atoms with E-state index in [1.807, 2.05) is 36.4 Å². The quantitative estimate of drug-likeness (QED) is 0.838. The molecular weight excluding hydrogens is 214 g/mol. The minimum absolute atomic E-state index is 0.00318. The summed E-state index contributed by atoms with van der Waals surface area (Å²) >= 11 is 0. The summed E-state index contributed by atoms with van der Waals surface area (Å²) in [7, 11) is 0. The Morgan fingerprint density at radius 3 is 2.59 bits per heavy atom. The molecule has 84 valence electrons. The second kappa shape index (κ2) is 4.54.